The quantitative estimate of drug-likeness (QED) is 0.128. The fraction of sp³-hybridized carbons (Fsp3) is 0.450. The smallest absolute Gasteiger partial charge is 0.407 e. The normalized spacial score (nSPS) is 18.0. The van der Waals surface area contributed by atoms with Crippen molar-refractivity contribution in [2.45, 2.75) is 77.5 Å². The maximum atomic E-state index is 13.6. The van der Waals surface area contributed by atoms with Crippen molar-refractivity contribution in [2.75, 3.05) is 27.3 Å². The summed E-state index contributed by atoms with van der Waals surface area (Å²) in [5.41, 5.74) is 4.20. The number of carbonyl (C=O) groups excluding carboxylic acids is 4. The number of carbonyl (C=O) groups is 4. The van der Waals surface area contributed by atoms with Gasteiger partial charge >= 0.3 is 12.2 Å². The molecule has 3 aromatic heterocycles. The Kier molecular flexibility index (Phi) is 11.0. The minimum atomic E-state index is -0.739. The predicted octanol–water partition coefficient (Wildman–Crippen LogP) is 4.94. The summed E-state index contributed by atoms with van der Waals surface area (Å²) in [6, 6.07) is 8.97. The average molecular weight is 781 g/mol. The number of amides is 4. The molecule has 2 aliphatic heterocycles. The van der Waals surface area contributed by atoms with Crippen LogP contribution in [0.25, 0.3) is 44.6 Å². The zero-order valence-corrected chi connectivity index (χ0v) is 32.8. The van der Waals surface area contributed by atoms with Crippen molar-refractivity contribution in [1.29, 1.82) is 0 Å². The lowest BCUT2D eigenvalue weighted by Crippen LogP contribution is -2.51. The molecule has 0 radical (unpaired) electrons. The van der Waals surface area contributed by atoms with Crippen LogP contribution in [-0.4, -0.2) is 103 Å². The highest BCUT2D eigenvalue weighted by atomic mass is 16.5. The Morgan fingerprint density at radius 3 is 1.65 bits per heavy atom. The number of alkyl carbamates (subject to hydrolysis) is 2. The third kappa shape index (κ3) is 7.78. The Hall–Kier alpha value is -6.26. The first kappa shape index (κ1) is 39.0. The van der Waals surface area contributed by atoms with Gasteiger partial charge in [-0.1, -0.05) is 33.8 Å². The summed E-state index contributed by atoms with van der Waals surface area (Å²) >= 11 is 0. The fourth-order valence-electron chi connectivity index (χ4n) is 7.82. The molecule has 2 fully saturated rings. The van der Waals surface area contributed by atoms with Crippen molar-refractivity contribution < 1.29 is 28.7 Å². The van der Waals surface area contributed by atoms with E-state index in [1.165, 1.54) is 14.2 Å². The Balaban J connectivity index is 1.09. The topological polar surface area (TPSA) is 220 Å². The fourth-order valence-corrected chi connectivity index (χ4v) is 7.82. The highest BCUT2D eigenvalue weighted by Crippen LogP contribution is 2.35. The number of nitrogens with one attached hydrogen (secondary N) is 5. The standard InChI is InChI=1S/C40H48N10O7/c1-20(2)31(46-39(54)56-5)37(52)49-15-7-9-29(49)34-42-25-13-11-22(17-27(25)44-34)24-19-41-33(48-36(24)51)23-12-14-26-28(18-23)45-35(43-26)30-10-8-16-50(30)38(53)32(21(3)4)47-40(55)57-6/h11-14,17-21,29-32H,7-10,15-16H2,1-6H3,(H,42,44)(H,43,45)(H,46,54)(H,47,55)(H,41,48,51)/t29?,30?,31?,32-/m0/s1. The van der Waals surface area contributed by atoms with Crippen molar-refractivity contribution in [1.82, 2.24) is 50.3 Å². The van der Waals surface area contributed by atoms with Crippen LogP contribution in [0, 0.1) is 11.8 Å². The molecule has 5 aromatic rings. The predicted molar refractivity (Wildman–Crippen MR) is 211 cm³/mol. The van der Waals surface area contributed by atoms with Gasteiger partial charge < -0.3 is 44.9 Å². The maximum Gasteiger partial charge on any atom is 0.407 e. The van der Waals surface area contributed by atoms with E-state index in [2.05, 4.69) is 30.6 Å². The van der Waals surface area contributed by atoms with E-state index >= 15 is 0 Å². The van der Waals surface area contributed by atoms with Crippen LogP contribution in [0.3, 0.4) is 0 Å². The van der Waals surface area contributed by atoms with Crippen molar-refractivity contribution >= 4 is 46.1 Å². The number of likely N-dealkylation sites (tertiary alicyclic amines) is 2. The monoisotopic (exact) mass is 780 g/mol. The molecule has 7 rings (SSSR count). The van der Waals surface area contributed by atoms with Crippen molar-refractivity contribution in [3.8, 4) is 22.5 Å². The Morgan fingerprint density at radius 2 is 1.19 bits per heavy atom. The van der Waals surface area contributed by atoms with Crippen LogP contribution in [-0.2, 0) is 19.1 Å². The van der Waals surface area contributed by atoms with E-state index in [0.717, 1.165) is 24.8 Å². The Labute approximate surface area is 328 Å². The molecule has 5 heterocycles. The molecule has 3 unspecified atom stereocenters. The lowest BCUT2D eigenvalue weighted by molar-refractivity contribution is -0.136. The number of H-pyrrole nitrogens is 3. The first-order chi connectivity index (χ1) is 27.4. The van der Waals surface area contributed by atoms with E-state index in [1.807, 2.05) is 64.1 Å². The number of benzene rings is 2. The van der Waals surface area contributed by atoms with Crippen molar-refractivity contribution in [2.24, 2.45) is 11.8 Å². The summed E-state index contributed by atoms with van der Waals surface area (Å²) in [5.74, 6) is 0.985. The van der Waals surface area contributed by atoms with E-state index < -0.39 is 24.3 Å². The number of methoxy groups -OCH3 is 2. The molecule has 4 atom stereocenters. The van der Waals surface area contributed by atoms with Crippen molar-refractivity contribution in [3.63, 3.8) is 0 Å². The van der Waals surface area contributed by atoms with Gasteiger partial charge in [-0.3, -0.25) is 14.4 Å². The maximum absolute atomic E-state index is 13.6. The summed E-state index contributed by atoms with van der Waals surface area (Å²) in [6.07, 6.45) is 3.25. The van der Waals surface area contributed by atoms with Gasteiger partial charge in [0, 0.05) is 24.8 Å². The van der Waals surface area contributed by atoms with Gasteiger partial charge in [-0.15, -0.1) is 0 Å². The third-order valence-electron chi connectivity index (χ3n) is 10.9. The summed E-state index contributed by atoms with van der Waals surface area (Å²) in [5, 5.41) is 5.35. The lowest BCUT2D eigenvalue weighted by atomic mass is 10.0. The summed E-state index contributed by atoms with van der Waals surface area (Å²) in [4.78, 5) is 92.1. The molecule has 0 bridgehead atoms. The largest absolute Gasteiger partial charge is 0.453 e. The molecule has 300 valence electrons. The van der Waals surface area contributed by atoms with Gasteiger partial charge in [0.2, 0.25) is 11.8 Å². The van der Waals surface area contributed by atoms with Gasteiger partial charge in [-0.25, -0.2) is 24.5 Å². The van der Waals surface area contributed by atoms with Crippen LogP contribution < -0.4 is 16.2 Å². The van der Waals surface area contributed by atoms with Crippen LogP contribution in [0.5, 0.6) is 0 Å². The first-order valence-corrected chi connectivity index (χ1v) is 19.3. The minimum Gasteiger partial charge on any atom is -0.453 e. The molecule has 17 nitrogen and oxygen atoms in total. The second-order valence-corrected chi connectivity index (χ2v) is 15.3. The van der Waals surface area contributed by atoms with Gasteiger partial charge in [-0.05, 0) is 73.4 Å². The van der Waals surface area contributed by atoms with Crippen LogP contribution in [0.15, 0.2) is 47.4 Å². The zero-order chi connectivity index (χ0) is 40.5. The number of hydrogen-bond donors (Lipinski definition) is 5. The molecule has 0 spiro atoms. The van der Waals surface area contributed by atoms with E-state index in [9.17, 15) is 24.0 Å². The lowest BCUT2D eigenvalue weighted by Gasteiger charge is -2.29. The molecule has 2 aliphatic rings. The van der Waals surface area contributed by atoms with Gasteiger partial charge in [-0.2, -0.15) is 0 Å². The van der Waals surface area contributed by atoms with E-state index in [0.29, 0.717) is 70.2 Å². The van der Waals surface area contributed by atoms with Gasteiger partial charge in [0.25, 0.3) is 5.56 Å². The molecular weight excluding hydrogens is 733 g/mol. The number of hydrogen-bond acceptors (Lipinski definition) is 10. The van der Waals surface area contributed by atoms with Crippen LogP contribution in [0.2, 0.25) is 0 Å². The number of ether oxygens (including phenoxy) is 2. The van der Waals surface area contributed by atoms with Crippen molar-refractivity contribution in [3.05, 3.63) is 64.6 Å². The van der Waals surface area contributed by atoms with Gasteiger partial charge in [0.15, 0.2) is 0 Å². The molecule has 57 heavy (non-hydrogen) atoms. The molecule has 5 N–H and O–H groups in total. The zero-order valence-electron chi connectivity index (χ0n) is 32.8. The molecule has 0 saturated carbocycles. The average Bonchev–Trinajstić information content (AvgIpc) is 4.03. The number of aromatic nitrogens is 6. The third-order valence-corrected chi connectivity index (χ3v) is 10.9. The minimum absolute atomic E-state index is 0.146. The second-order valence-electron chi connectivity index (χ2n) is 15.3. The first-order valence-electron chi connectivity index (χ1n) is 19.3. The molecule has 0 aliphatic carbocycles. The van der Waals surface area contributed by atoms with Crippen LogP contribution >= 0.6 is 0 Å². The highest BCUT2D eigenvalue weighted by Gasteiger charge is 2.39. The molecule has 4 amide bonds. The van der Waals surface area contributed by atoms with Gasteiger partial charge in [0.1, 0.15) is 29.6 Å². The van der Waals surface area contributed by atoms with Crippen LogP contribution in [0.1, 0.15) is 77.1 Å². The molecular formula is C40H48N10O7. The Bertz CT molecular complexity index is 2380. The highest BCUT2D eigenvalue weighted by molar-refractivity contribution is 5.88. The number of aromatic amines is 3. The number of imidazole rings is 2. The number of rotatable bonds is 10. The van der Waals surface area contributed by atoms with E-state index in [-0.39, 0.29) is 41.3 Å². The number of nitrogens with zero attached hydrogens (tertiary/aromatic N) is 5. The Morgan fingerprint density at radius 1 is 0.719 bits per heavy atom. The SMILES string of the molecule is COC(=O)NC(C(=O)N1CCCC1c1nc2ccc(-c3cnc(-c4ccc5nc(C6CCCN6C(=O)[C@@H](NC(=O)OC)C(C)C)[nH]c5c4)[nH]c3=O)cc2[nH]1)C(C)C. The van der Waals surface area contributed by atoms with E-state index in [4.69, 9.17) is 19.4 Å². The summed E-state index contributed by atoms with van der Waals surface area (Å²) in [7, 11) is 2.54. The molecule has 2 saturated heterocycles. The van der Waals surface area contributed by atoms with Crippen LogP contribution in [0.4, 0.5) is 9.59 Å². The molecule has 17 heteroatoms. The summed E-state index contributed by atoms with van der Waals surface area (Å²) < 4.78 is 9.50. The van der Waals surface area contributed by atoms with E-state index in [1.54, 1.807) is 16.0 Å². The number of fused-ring (bicyclic) bond motifs is 2. The van der Waals surface area contributed by atoms with Gasteiger partial charge in [0.05, 0.1) is 53.9 Å². The second kappa shape index (κ2) is 16.1. The molecule has 2 aromatic carbocycles. The summed E-state index contributed by atoms with van der Waals surface area (Å²) in [6.45, 7) is 8.57.